The van der Waals surface area contributed by atoms with Gasteiger partial charge in [-0.2, -0.15) is 0 Å². The molecule has 0 radical (unpaired) electrons. The van der Waals surface area contributed by atoms with E-state index in [1.807, 2.05) is 31.2 Å². The Bertz CT molecular complexity index is 529. The summed E-state index contributed by atoms with van der Waals surface area (Å²) in [5.74, 6) is 1.11. The van der Waals surface area contributed by atoms with Gasteiger partial charge in [-0.05, 0) is 6.42 Å². The van der Waals surface area contributed by atoms with Crippen molar-refractivity contribution in [2.24, 2.45) is 5.41 Å². The number of ether oxygens (including phenoxy) is 1. The third-order valence-electron chi connectivity index (χ3n) is 5.15. The molecule has 0 bridgehead atoms. The van der Waals surface area contributed by atoms with Crippen LogP contribution in [0.1, 0.15) is 52.5 Å². The summed E-state index contributed by atoms with van der Waals surface area (Å²) in [7, 11) is 3.83. The van der Waals surface area contributed by atoms with Gasteiger partial charge in [0.2, 0.25) is 0 Å². The van der Waals surface area contributed by atoms with E-state index >= 15 is 0 Å². The molecule has 0 saturated heterocycles. The van der Waals surface area contributed by atoms with Gasteiger partial charge in [0, 0.05) is 0 Å². The average Bonchev–Trinajstić information content (AvgIpc) is 2.58. The molecule has 25 heavy (non-hydrogen) atoms. The van der Waals surface area contributed by atoms with Crippen molar-refractivity contribution in [1.82, 2.24) is 10.0 Å². The molecule has 1 aromatic carbocycles. The Labute approximate surface area is 167 Å². The van der Waals surface area contributed by atoms with Crippen LogP contribution in [0.5, 0.6) is 5.75 Å². The van der Waals surface area contributed by atoms with E-state index in [0.717, 1.165) is 18.8 Å². The summed E-state index contributed by atoms with van der Waals surface area (Å²) >= 11 is 0.463. The van der Waals surface area contributed by atoms with Gasteiger partial charge in [-0.3, -0.25) is 0 Å². The van der Waals surface area contributed by atoms with E-state index in [4.69, 9.17) is 4.74 Å². The molecule has 1 rings (SSSR count). The Morgan fingerprint density at radius 2 is 1.80 bits per heavy atom. The zero-order valence-electron chi connectivity index (χ0n) is 17.1. The molecular formula is C20H36N2O2Sn. The van der Waals surface area contributed by atoms with Crippen LogP contribution in [0, 0.1) is 5.41 Å². The van der Waals surface area contributed by atoms with E-state index in [1.54, 1.807) is 5.01 Å². The van der Waals surface area contributed by atoms with Crippen LogP contribution in [-0.4, -0.2) is 59.2 Å². The third kappa shape index (κ3) is 6.81. The first kappa shape index (κ1) is 22.3. The summed E-state index contributed by atoms with van der Waals surface area (Å²) in [5, 5.41) is 3.75. The van der Waals surface area contributed by atoms with Crippen molar-refractivity contribution in [3.63, 3.8) is 0 Å². The summed E-state index contributed by atoms with van der Waals surface area (Å²) < 4.78 is 6.25. The second-order valence-electron chi connectivity index (χ2n) is 7.72. The first-order valence-corrected chi connectivity index (χ1v) is 12.7. The van der Waals surface area contributed by atoms with Gasteiger partial charge in [0.15, 0.2) is 0 Å². The van der Waals surface area contributed by atoms with Gasteiger partial charge in [-0.1, -0.05) is 19.8 Å². The normalized spacial score (nSPS) is 13.1. The monoisotopic (exact) mass is 456 g/mol. The molecule has 0 aliphatic heterocycles. The van der Waals surface area contributed by atoms with Crippen LogP contribution in [0.15, 0.2) is 24.3 Å². The van der Waals surface area contributed by atoms with Crippen molar-refractivity contribution in [3.05, 3.63) is 29.8 Å². The molecule has 0 spiro atoms. The summed E-state index contributed by atoms with van der Waals surface area (Å²) in [6.07, 6.45) is 3.52. The number of rotatable bonds is 10. The van der Waals surface area contributed by atoms with Gasteiger partial charge in [0.05, 0.1) is 0 Å². The van der Waals surface area contributed by atoms with Crippen LogP contribution >= 0.6 is 0 Å². The van der Waals surface area contributed by atoms with E-state index in [-0.39, 0.29) is 11.3 Å². The summed E-state index contributed by atoms with van der Waals surface area (Å²) in [5.41, 5.74) is 0.888. The standard InChI is InChI=1S/C20H33N2O2.Sn.3H/c1-7-9-10-15-24-18-13-11-17(12-14-18)16-21(5)22(6)19(23)20(3,4)8-2;;;;/h8,11-14H,7,9-10,15-16H2,1-6H3;;;;. The van der Waals surface area contributed by atoms with E-state index in [1.165, 1.54) is 18.4 Å². The van der Waals surface area contributed by atoms with Crippen molar-refractivity contribution < 1.29 is 9.53 Å². The zero-order valence-corrected chi connectivity index (χ0v) is 22.8. The fraction of sp³-hybridized carbons (Fsp3) is 0.650. The zero-order chi connectivity index (χ0) is 19.0. The van der Waals surface area contributed by atoms with Gasteiger partial charge < -0.3 is 0 Å². The number of amides is 1. The van der Waals surface area contributed by atoms with E-state index in [0.29, 0.717) is 33.0 Å². The number of nitrogens with zero attached hydrogens (tertiary/aromatic N) is 2. The van der Waals surface area contributed by atoms with Gasteiger partial charge in [-0.15, -0.1) is 0 Å². The van der Waals surface area contributed by atoms with Gasteiger partial charge in [0.25, 0.3) is 0 Å². The minimum absolute atomic E-state index is 0.192. The summed E-state index contributed by atoms with van der Waals surface area (Å²) in [6.45, 7) is 9.98. The van der Waals surface area contributed by atoms with E-state index < -0.39 is 0 Å². The summed E-state index contributed by atoms with van der Waals surface area (Å²) in [6, 6.07) is 8.19. The Hall–Kier alpha value is -0.751. The topological polar surface area (TPSA) is 32.8 Å². The first-order valence-electron chi connectivity index (χ1n) is 9.41. The molecule has 0 aliphatic carbocycles. The van der Waals surface area contributed by atoms with Crippen molar-refractivity contribution in [1.29, 1.82) is 0 Å². The summed E-state index contributed by atoms with van der Waals surface area (Å²) in [4.78, 5) is 12.8. The molecule has 0 fully saturated rings. The van der Waals surface area contributed by atoms with Crippen LogP contribution in [0.25, 0.3) is 0 Å². The van der Waals surface area contributed by atoms with Gasteiger partial charge in [0.1, 0.15) is 0 Å². The van der Waals surface area contributed by atoms with Crippen molar-refractivity contribution in [3.8, 4) is 5.75 Å². The Balaban J connectivity index is 2.59. The van der Waals surface area contributed by atoms with Crippen molar-refractivity contribution in [2.75, 3.05) is 20.7 Å². The van der Waals surface area contributed by atoms with Crippen molar-refractivity contribution in [2.45, 2.75) is 57.4 Å². The molecule has 0 aromatic heterocycles. The molecule has 0 heterocycles. The number of hydrogen-bond donors (Lipinski definition) is 0. The number of hydrogen-bond acceptors (Lipinski definition) is 3. The number of carbonyl (C=O) groups is 1. The first-order chi connectivity index (χ1) is 11.7. The molecular weight excluding hydrogens is 419 g/mol. The molecule has 1 amide bonds. The second kappa shape index (κ2) is 10.4. The number of carbonyl (C=O) groups excluding carboxylic acids is 1. The van der Waals surface area contributed by atoms with Crippen LogP contribution in [-0.2, 0) is 11.3 Å². The maximum absolute atomic E-state index is 12.8. The molecule has 0 saturated carbocycles. The molecule has 142 valence electrons. The van der Waals surface area contributed by atoms with Crippen LogP contribution in [0.4, 0.5) is 0 Å². The SMILES string of the molecule is CCCCCOc1ccc(CN(C)N(C)C(=O)C(C)(C)[CH](C)[SnH3])cc1. The molecule has 5 heteroatoms. The Morgan fingerprint density at radius 3 is 2.32 bits per heavy atom. The molecule has 1 aromatic rings. The van der Waals surface area contributed by atoms with Gasteiger partial charge in [-0.25, -0.2) is 0 Å². The molecule has 1 unspecified atom stereocenters. The fourth-order valence-corrected chi connectivity index (χ4v) is 3.13. The number of unbranched alkanes of at least 4 members (excludes halogenated alkanes) is 2. The Kier molecular flexibility index (Phi) is 9.28. The van der Waals surface area contributed by atoms with Crippen LogP contribution in [0.3, 0.4) is 0 Å². The molecule has 0 aliphatic rings. The van der Waals surface area contributed by atoms with Gasteiger partial charge >= 0.3 is 141 Å². The molecule has 0 N–H and O–H groups in total. The van der Waals surface area contributed by atoms with Crippen molar-refractivity contribution >= 4 is 28.4 Å². The minimum atomic E-state index is -0.282. The molecule has 4 nitrogen and oxygen atoms in total. The second-order valence-corrected chi connectivity index (χ2v) is 12.7. The quantitative estimate of drug-likeness (QED) is 0.309. The predicted octanol–water partition coefficient (Wildman–Crippen LogP) is 3.26. The Morgan fingerprint density at radius 1 is 1.20 bits per heavy atom. The van der Waals surface area contributed by atoms with E-state index in [9.17, 15) is 4.79 Å². The van der Waals surface area contributed by atoms with Crippen LogP contribution in [0.2, 0.25) is 3.93 Å². The maximum atomic E-state index is 12.8. The predicted molar refractivity (Wildman–Crippen MR) is 109 cm³/mol. The number of benzene rings is 1. The molecule has 1 atom stereocenters. The third-order valence-corrected chi connectivity index (χ3v) is 9.27. The average molecular weight is 455 g/mol. The van der Waals surface area contributed by atoms with Crippen LogP contribution < -0.4 is 4.74 Å². The fourth-order valence-electron chi connectivity index (χ4n) is 2.42. The number of hydrazine groups is 1. The van der Waals surface area contributed by atoms with E-state index in [2.05, 4.69) is 39.8 Å².